The van der Waals surface area contributed by atoms with Crippen LogP contribution in [0.1, 0.15) is 21.5 Å². The number of aryl methyl sites for hydroxylation is 1. The molecule has 6 nitrogen and oxygen atoms in total. The first kappa shape index (κ1) is 22.8. The number of hydrogen-bond acceptors (Lipinski definition) is 6. The molecule has 0 aliphatic carbocycles. The lowest BCUT2D eigenvalue weighted by Crippen LogP contribution is -2.17. The second-order valence-electron chi connectivity index (χ2n) is 7.34. The van der Waals surface area contributed by atoms with Crippen LogP contribution in [0, 0.1) is 19.3 Å². The molecule has 0 fully saturated rings. The lowest BCUT2D eigenvalue weighted by atomic mass is 10.1. The molecular formula is C27H22N4O2S. The van der Waals surface area contributed by atoms with Gasteiger partial charge in [-0.25, -0.2) is 10.4 Å². The minimum absolute atomic E-state index is 0.159. The van der Waals surface area contributed by atoms with E-state index < -0.39 is 0 Å². The first-order valence-corrected chi connectivity index (χ1v) is 11.4. The fraction of sp³-hybridized carbons (Fsp3) is 0.0741. The van der Waals surface area contributed by atoms with Crippen LogP contribution in [0.2, 0.25) is 0 Å². The lowest BCUT2D eigenvalue weighted by Gasteiger charge is -2.05. The fourth-order valence-electron chi connectivity index (χ4n) is 3.08. The summed E-state index contributed by atoms with van der Waals surface area (Å²) >= 11 is 1.53. The Labute approximate surface area is 202 Å². The second kappa shape index (κ2) is 10.9. The average Bonchev–Trinajstić information content (AvgIpc) is 3.33. The zero-order chi connectivity index (χ0) is 23.8. The number of hydrazone groups is 1. The van der Waals surface area contributed by atoms with Gasteiger partial charge in [-0.3, -0.25) is 4.79 Å². The van der Waals surface area contributed by atoms with Crippen LogP contribution in [0.4, 0.5) is 10.8 Å². The van der Waals surface area contributed by atoms with Gasteiger partial charge in [-0.1, -0.05) is 47.9 Å². The van der Waals surface area contributed by atoms with Crippen LogP contribution in [0.15, 0.2) is 83.3 Å². The van der Waals surface area contributed by atoms with E-state index >= 15 is 0 Å². The van der Waals surface area contributed by atoms with Crippen LogP contribution in [0.5, 0.6) is 5.75 Å². The molecule has 0 aliphatic rings. The van der Waals surface area contributed by atoms with Gasteiger partial charge in [0.1, 0.15) is 12.4 Å². The van der Waals surface area contributed by atoms with E-state index in [2.05, 4.69) is 45.8 Å². The van der Waals surface area contributed by atoms with Crippen LogP contribution in [-0.4, -0.2) is 23.7 Å². The summed E-state index contributed by atoms with van der Waals surface area (Å²) in [6.07, 6.45) is 6.77. The molecule has 3 aromatic carbocycles. The van der Waals surface area contributed by atoms with E-state index in [0.717, 1.165) is 22.1 Å². The Hall–Kier alpha value is -4.41. The van der Waals surface area contributed by atoms with Gasteiger partial charge in [-0.2, -0.15) is 5.10 Å². The topological polar surface area (TPSA) is 75.6 Å². The minimum atomic E-state index is -0.315. The van der Waals surface area contributed by atoms with Crippen LogP contribution in [-0.2, 0) is 0 Å². The minimum Gasteiger partial charge on any atom is -0.480 e. The highest BCUT2D eigenvalue weighted by molar-refractivity contribution is 7.14. The number of benzene rings is 3. The van der Waals surface area contributed by atoms with E-state index in [9.17, 15) is 4.79 Å². The van der Waals surface area contributed by atoms with Crippen LogP contribution in [0.3, 0.4) is 0 Å². The summed E-state index contributed by atoms with van der Waals surface area (Å²) in [5.74, 6) is 2.71. The molecule has 1 amide bonds. The molecule has 0 saturated carbocycles. The quantitative estimate of drug-likeness (QED) is 0.200. The van der Waals surface area contributed by atoms with Crippen molar-refractivity contribution >= 4 is 34.3 Å². The Morgan fingerprint density at radius 2 is 1.88 bits per heavy atom. The molecule has 0 atom stereocenters. The van der Waals surface area contributed by atoms with Gasteiger partial charge in [0.15, 0.2) is 5.13 Å². The van der Waals surface area contributed by atoms with E-state index in [1.165, 1.54) is 23.1 Å². The largest absolute Gasteiger partial charge is 0.480 e. The predicted molar refractivity (Wildman–Crippen MR) is 138 cm³/mol. The van der Waals surface area contributed by atoms with Gasteiger partial charge >= 0.3 is 0 Å². The average molecular weight is 467 g/mol. The van der Waals surface area contributed by atoms with Crippen LogP contribution < -0.4 is 15.5 Å². The molecule has 0 radical (unpaired) electrons. The number of anilines is 2. The van der Waals surface area contributed by atoms with Crippen molar-refractivity contribution in [2.75, 3.05) is 11.9 Å². The molecule has 1 aromatic heterocycles. The van der Waals surface area contributed by atoms with Gasteiger partial charge in [0, 0.05) is 27.8 Å². The molecule has 0 aliphatic heterocycles. The monoisotopic (exact) mass is 466 g/mol. The number of rotatable bonds is 8. The molecule has 0 unspecified atom stereocenters. The predicted octanol–water partition coefficient (Wildman–Crippen LogP) is 5.64. The van der Waals surface area contributed by atoms with Gasteiger partial charge in [0.2, 0.25) is 0 Å². The third kappa shape index (κ3) is 5.88. The first-order valence-electron chi connectivity index (χ1n) is 10.5. The number of nitrogens with one attached hydrogen (secondary N) is 2. The number of para-hydroxylation sites is 1. The number of carbonyl (C=O) groups excluding carboxylic acids is 1. The van der Waals surface area contributed by atoms with Crippen molar-refractivity contribution in [3.05, 3.63) is 94.9 Å². The van der Waals surface area contributed by atoms with E-state index in [1.807, 2.05) is 47.8 Å². The highest BCUT2D eigenvalue weighted by atomic mass is 32.1. The third-order valence-corrected chi connectivity index (χ3v) is 5.61. The van der Waals surface area contributed by atoms with Crippen LogP contribution >= 0.6 is 11.3 Å². The highest BCUT2D eigenvalue weighted by Gasteiger charge is 2.08. The Morgan fingerprint density at radius 1 is 1.12 bits per heavy atom. The molecule has 34 heavy (non-hydrogen) atoms. The maximum absolute atomic E-state index is 12.5. The van der Waals surface area contributed by atoms with E-state index in [4.69, 9.17) is 11.2 Å². The highest BCUT2D eigenvalue weighted by Crippen LogP contribution is 2.27. The molecule has 4 rings (SSSR count). The number of amides is 1. The maximum Gasteiger partial charge on any atom is 0.271 e. The zero-order valence-corrected chi connectivity index (χ0v) is 19.3. The van der Waals surface area contributed by atoms with Crippen molar-refractivity contribution in [3.8, 4) is 29.4 Å². The van der Waals surface area contributed by atoms with Crippen molar-refractivity contribution in [1.82, 2.24) is 10.4 Å². The number of aromatic nitrogens is 1. The Bertz CT molecular complexity index is 1340. The number of carbonyl (C=O) groups is 1. The van der Waals surface area contributed by atoms with Crippen molar-refractivity contribution < 1.29 is 9.53 Å². The SMILES string of the molecule is C#CCOc1ccccc1/C=N\NC(=O)c1ccc(-c2csc(Nc3ccc(C)cc3)n2)cc1. The summed E-state index contributed by atoms with van der Waals surface area (Å²) in [5, 5.41) is 10.1. The summed E-state index contributed by atoms with van der Waals surface area (Å²) < 4.78 is 5.47. The van der Waals surface area contributed by atoms with Gasteiger partial charge < -0.3 is 10.1 Å². The number of ether oxygens (including phenoxy) is 1. The third-order valence-electron chi connectivity index (χ3n) is 4.85. The normalized spacial score (nSPS) is 10.6. The van der Waals surface area contributed by atoms with Crippen molar-refractivity contribution in [2.45, 2.75) is 6.92 Å². The first-order chi connectivity index (χ1) is 16.6. The number of hydrogen-bond donors (Lipinski definition) is 2. The molecule has 168 valence electrons. The van der Waals surface area contributed by atoms with Crippen LogP contribution in [0.25, 0.3) is 11.3 Å². The lowest BCUT2D eigenvalue weighted by molar-refractivity contribution is 0.0955. The molecule has 0 spiro atoms. The molecule has 4 aromatic rings. The van der Waals surface area contributed by atoms with Crippen molar-refractivity contribution in [2.24, 2.45) is 5.10 Å². The van der Waals surface area contributed by atoms with E-state index in [0.29, 0.717) is 16.9 Å². The molecule has 0 saturated heterocycles. The molecule has 0 bridgehead atoms. The van der Waals surface area contributed by atoms with Gasteiger partial charge in [-0.15, -0.1) is 17.8 Å². The Balaban J connectivity index is 1.37. The van der Waals surface area contributed by atoms with E-state index in [-0.39, 0.29) is 12.5 Å². The number of terminal acetylenes is 1. The molecular weight excluding hydrogens is 444 g/mol. The maximum atomic E-state index is 12.5. The van der Waals surface area contributed by atoms with E-state index in [1.54, 1.807) is 18.2 Å². The van der Waals surface area contributed by atoms with Gasteiger partial charge in [0.05, 0.1) is 11.9 Å². The second-order valence-corrected chi connectivity index (χ2v) is 8.19. The van der Waals surface area contributed by atoms with Crippen molar-refractivity contribution in [3.63, 3.8) is 0 Å². The molecule has 1 heterocycles. The Kier molecular flexibility index (Phi) is 7.33. The number of thiazole rings is 1. The summed E-state index contributed by atoms with van der Waals surface area (Å²) in [4.78, 5) is 17.1. The zero-order valence-electron chi connectivity index (χ0n) is 18.5. The Morgan fingerprint density at radius 3 is 2.65 bits per heavy atom. The number of nitrogens with zero attached hydrogens (tertiary/aromatic N) is 2. The summed E-state index contributed by atoms with van der Waals surface area (Å²) in [5.41, 5.74) is 7.71. The van der Waals surface area contributed by atoms with Gasteiger partial charge in [0.25, 0.3) is 5.91 Å². The molecule has 2 N–H and O–H groups in total. The smallest absolute Gasteiger partial charge is 0.271 e. The van der Waals surface area contributed by atoms with Crippen molar-refractivity contribution in [1.29, 1.82) is 0 Å². The fourth-order valence-corrected chi connectivity index (χ4v) is 3.82. The molecule has 7 heteroatoms. The standard InChI is InChI=1S/C27H22N4O2S/c1-3-16-33-25-7-5-4-6-22(25)17-28-31-26(32)21-12-10-20(11-13-21)24-18-34-27(30-24)29-23-14-8-19(2)9-15-23/h1,4-15,17-18H,16H2,2H3,(H,29,30)(H,31,32)/b28-17-. The van der Waals surface area contributed by atoms with Gasteiger partial charge in [-0.05, 0) is 43.3 Å². The summed E-state index contributed by atoms with van der Waals surface area (Å²) in [7, 11) is 0. The summed E-state index contributed by atoms with van der Waals surface area (Å²) in [6, 6.07) is 22.7. The summed E-state index contributed by atoms with van der Waals surface area (Å²) in [6.45, 7) is 2.21.